The minimum absolute atomic E-state index is 0.00922. The third-order valence-corrected chi connectivity index (χ3v) is 9.07. The first-order chi connectivity index (χ1) is 17.8. The summed E-state index contributed by atoms with van der Waals surface area (Å²) in [5.74, 6) is -2.41. The molecule has 1 saturated heterocycles. The van der Waals surface area contributed by atoms with E-state index < -0.39 is 35.2 Å². The topological polar surface area (TPSA) is 133 Å². The molecule has 1 fully saturated rings. The van der Waals surface area contributed by atoms with Gasteiger partial charge in [0.25, 0.3) is 5.91 Å². The number of aromatic nitrogens is 2. The van der Waals surface area contributed by atoms with Gasteiger partial charge in [0.1, 0.15) is 16.3 Å². The maximum atomic E-state index is 12.8. The molecule has 0 saturated carbocycles. The number of thioether (sulfide) groups is 2. The van der Waals surface area contributed by atoms with E-state index >= 15 is 0 Å². The average Bonchev–Trinajstić information content (AvgIpc) is 3.26. The van der Waals surface area contributed by atoms with E-state index in [4.69, 9.17) is 4.74 Å². The van der Waals surface area contributed by atoms with E-state index in [0.29, 0.717) is 32.8 Å². The molecule has 2 aromatic heterocycles. The van der Waals surface area contributed by atoms with E-state index in [1.807, 2.05) is 41.2 Å². The second kappa shape index (κ2) is 11.9. The Balaban J connectivity index is 1.35. The lowest BCUT2D eigenvalue weighted by molar-refractivity contribution is -0.687. The Bertz CT molecular complexity index is 1280. The Morgan fingerprint density at radius 2 is 2.08 bits per heavy atom. The summed E-state index contributed by atoms with van der Waals surface area (Å²) in [6, 6.07) is 4.86. The summed E-state index contributed by atoms with van der Waals surface area (Å²) in [7, 11) is 0. The largest absolute Gasteiger partial charge is 0.543 e. The maximum Gasteiger partial charge on any atom is 0.350 e. The second-order valence-corrected chi connectivity index (χ2v) is 11.3. The van der Waals surface area contributed by atoms with Gasteiger partial charge in [-0.1, -0.05) is 23.9 Å². The summed E-state index contributed by atoms with van der Waals surface area (Å²) in [4.78, 5) is 55.1. The fourth-order valence-electron chi connectivity index (χ4n) is 3.79. The van der Waals surface area contributed by atoms with Crippen molar-refractivity contribution in [3.05, 3.63) is 64.6 Å². The van der Waals surface area contributed by atoms with Crippen LogP contribution in [0.15, 0.2) is 58.4 Å². The van der Waals surface area contributed by atoms with Crippen LogP contribution in [0.25, 0.3) is 0 Å². The lowest BCUT2D eigenvalue weighted by atomic mass is 10.0. The van der Waals surface area contributed by atoms with Crippen molar-refractivity contribution in [2.75, 3.05) is 18.1 Å². The molecule has 0 aromatic carbocycles. The van der Waals surface area contributed by atoms with Crippen LogP contribution in [0.3, 0.4) is 0 Å². The Kier molecular flexibility index (Phi) is 8.67. The average molecular weight is 561 g/mol. The van der Waals surface area contributed by atoms with E-state index in [-0.39, 0.29) is 18.1 Å². The summed E-state index contributed by atoms with van der Waals surface area (Å²) in [5, 5.41) is 14.1. The molecule has 194 valence electrons. The van der Waals surface area contributed by atoms with Crippen LogP contribution in [0.5, 0.6) is 0 Å². The first-order valence-electron chi connectivity index (χ1n) is 11.4. The SMILES string of the molecule is CCOC(=O)c1sc(SCC(=O)N[C@@H]2C(=O)N3C(C(=O)[O-])=C(C=CC[n+]4ccccc4)CS[C@H]23)nc1C. The Hall–Kier alpha value is -3.16. The summed E-state index contributed by atoms with van der Waals surface area (Å²) < 4.78 is 7.47. The number of aliphatic carboxylic acids is 1. The van der Waals surface area contributed by atoms with Crippen LogP contribution in [0.4, 0.5) is 0 Å². The van der Waals surface area contributed by atoms with Crippen molar-refractivity contribution < 1.29 is 33.6 Å². The van der Waals surface area contributed by atoms with Crippen LogP contribution in [-0.2, 0) is 25.7 Å². The molecule has 1 N–H and O–H groups in total. The first kappa shape index (κ1) is 26.9. The molecule has 10 nitrogen and oxygen atoms in total. The van der Waals surface area contributed by atoms with Crippen molar-refractivity contribution in [3.63, 3.8) is 0 Å². The number of carboxylic acids is 1. The smallest absolute Gasteiger partial charge is 0.350 e. The highest BCUT2D eigenvalue weighted by molar-refractivity contribution is 8.01. The number of β-lactam (4-membered cyclic amide) rings is 1. The Morgan fingerprint density at radius 3 is 2.78 bits per heavy atom. The normalized spacial score (nSPS) is 19.0. The van der Waals surface area contributed by atoms with E-state index in [2.05, 4.69) is 10.3 Å². The van der Waals surface area contributed by atoms with Crippen molar-refractivity contribution in [2.24, 2.45) is 0 Å². The quantitative estimate of drug-likeness (QED) is 0.193. The van der Waals surface area contributed by atoms with Gasteiger partial charge in [-0.15, -0.1) is 23.1 Å². The van der Waals surface area contributed by atoms with Crippen molar-refractivity contribution in [3.8, 4) is 0 Å². The fraction of sp³-hybridized carbons (Fsp3) is 0.333. The molecule has 2 atom stereocenters. The van der Waals surface area contributed by atoms with Gasteiger partial charge < -0.3 is 20.0 Å². The number of hydrogen-bond acceptors (Lipinski definition) is 10. The predicted molar refractivity (Wildman–Crippen MR) is 136 cm³/mol. The zero-order valence-corrected chi connectivity index (χ0v) is 22.5. The van der Waals surface area contributed by atoms with Gasteiger partial charge >= 0.3 is 5.97 Å². The number of rotatable bonds is 10. The zero-order valence-electron chi connectivity index (χ0n) is 20.0. The van der Waals surface area contributed by atoms with Gasteiger partial charge in [-0.05, 0) is 25.5 Å². The van der Waals surface area contributed by atoms with Gasteiger partial charge in [-0.25, -0.2) is 14.3 Å². The number of pyridine rings is 1. The highest BCUT2D eigenvalue weighted by Gasteiger charge is 2.52. The van der Waals surface area contributed by atoms with Gasteiger partial charge in [0.15, 0.2) is 23.3 Å². The Morgan fingerprint density at radius 1 is 1.32 bits per heavy atom. The molecule has 2 aliphatic heterocycles. The number of ether oxygens (including phenoxy) is 1. The standard InChI is InChI=1S/C24H24N4O6S3/c1-3-34-23(33)19-14(2)25-24(37-19)36-13-16(29)26-17-20(30)28-18(22(31)32)15(12-35-21(17)28)8-7-11-27-9-5-4-6-10-27/h4-10,17,21H,3,11-13H2,1-2H3,(H-,26,29,31,32)/t17-,21-/m1/s1. The molecule has 2 aliphatic rings. The molecule has 0 radical (unpaired) electrons. The van der Waals surface area contributed by atoms with Gasteiger partial charge in [0, 0.05) is 17.9 Å². The highest BCUT2D eigenvalue weighted by Crippen LogP contribution is 2.40. The van der Waals surface area contributed by atoms with Crippen molar-refractivity contribution in [1.29, 1.82) is 0 Å². The van der Waals surface area contributed by atoms with Crippen LogP contribution >= 0.6 is 34.9 Å². The number of carbonyl (C=O) groups excluding carboxylic acids is 4. The summed E-state index contributed by atoms with van der Waals surface area (Å²) in [5.41, 5.74) is 0.860. The number of fused-ring (bicyclic) bond motifs is 1. The minimum Gasteiger partial charge on any atom is -0.543 e. The molecular formula is C24H24N4O6S3. The van der Waals surface area contributed by atoms with Crippen LogP contribution in [0.1, 0.15) is 22.3 Å². The van der Waals surface area contributed by atoms with E-state index in [9.17, 15) is 24.3 Å². The molecule has 0 spiro atoms. The number of allylic oxidation sites excluding steroid dienone is 2. The molecule has 37 heavy (non-hydrogen) atoms. The number of aryl methyl sites for hydroxylation is 1. The summed E-state index contributed by atoms with van der Waals surface area (Å²) in [6.45, 7) is 4.21. The van der Waals surface area contributed by atoms with Crippen LogP contribution in [0, 0.1) is 6.92 Å². The maximum absolute atomic E-state index is 12.8. The predicted octanol–water partition coefficient (Wildman–Crippen LogP) is 0.668. The molecule has 13 heteroatoms. The van der Waals surface area contributed by atoms with Gasteiger partial charge in [-0.2, -0.15) is 0 Å². The Labute approximate surface area is 225 Å². The van der Waals surface area contributed by atoms with Crippen LogP contribution in [-0.4, -0.2) is 63.2 Å². The monoisotopic (exact) mass is 560 g/mol. The van der Waals surface area contributed by atoms with Crippen molar-refractivity contribution >= 4 is 58.6 Å². The molecule has 2 aromatic rings. The second-order valence-electron chi connectivity index (χ2n) is 7.99. The third kappa shape index (κ3) is 6.05. The lowest BCUT2D eigenvalue weighted by Crippen LogP contribution is -2.71. The van der Waals surface area contributed by atoms with E-state index in [1.54, 1.807) is 19.9 Å². The van der Waals surface area contributed by atoms with Crippen molar-refractivity contribution in [1.82, 2.24) is 15.2 Å². The number of carbonyl (C=O) groups is 4. The summed E-state index contributed by atoms with van der Waals surface area (Å²) in [6.07, 6.45) is 7.31. The first-order valence-corrected chi connectivity index (χ1v) is 14.2. The van der Waals surface area contributed by atoms with Crippen LogP contribution in [0.2, 0.25) is 0 Å². The van der Waals surface area contributed by atoms with E-state index in [1.165, 1.54) is 16.7 Å². The fourth-order valence-corrected chi connectivity index (χ4v) is 7.01. The zero-order chi connectivity index (χ0) is 26.5. The molecule has 0 unspecified atom stereocenters. The summed E-state index contributed by atoms with van der Waals surface area (Å²) >= 11 is 3.68. The molecule has 2 amide bonds. The third-order valence-electron chi connectivity index (χ3n) is 5.48. The highest BCUT2D eigenvalue weighted by atomic mass is 32.2. The number of hydrogen-bond donors (Lipinski definition) is 1. The number of thiazole rings is 1. The molecule has 4 rings (SSSR count). The number of amides is 2. The van der Waals surface area contributed by atoms with Gasteiger partial charge in [-0.3, -0.25) is 14.5 Å². The molecule has 0 aliphatic carbocycles. The minimum atomic E-state index is -1.43. The number of nitrogens with one attached hydrogen (secondary N) is 1. The van der Waals surface area contributed by atoms with Gasteiger partial charge in [0.2, 0.25) is 5.91 Å². The number of esters is 1. The lowest BCUT2D eigenvalue weighted by Gasteiger charge is -2.50. The number of nitrogens with zero attached hydrogens (tertiary/aromatic N) is 3. The molecule has 4 heterocycles. The van der Waals surface area contributed by atoms with Crippen molar-refractivity contribution in [2.45, 2.75) is 36.1 Å². The van der Waals surface area contributed by atoms with Crippen LogP contribution < -0.4 is 15.0 Å². The molecular weight excluding hydrogens is 536 g/mol. The van der Waals surface area contributed by atoms with E-state index in [0.717, 1.165) is 23.1 Å². The van der Waals surface area contributed by atoms with Gasteiger partial charge in [0.05, 0.1) is 29.7 Å². The number of carboxylic acid groups (broad SMARTS) is 1. The molecule has 0 bridgehead atoms.